The van der Waals surface area contributed by atoms with Gasteiger partial charge in [-0.1, -0.05) is 6.92 Å². The third kappa shape index (κ3) is 5.44. The molecule has 3 saturated heterocycles. The van der Waals surface area contributed by atoms with Crippen LogP contribution in [0.4, 0.5) is 10.2 Å². The molecule has 1 N–H and O–H groups in total. The highest BCUT2D eigenvalue weighted by molar-refractivity contribution is 5.97. The summed E-state index contributed by atoms with van der Waals surface area (Å²) in [5.74, 6) is 1.19. The van der Waals surface area contributed by atoms with Crippen molar-refractivity contribution in [2.24, 2.45) is 11.3 Å². The van der Waals surface area contributed by atoms with Crippen LogP contribution in [0.25, 0.3) is 0 Å². The molecule has 1 aromatic carbocycles. The van der Waals surface area contributed by atoms with Crippen LogP contribution in [-0.4, -0.2) is 82.9 Å². The minimum atomic E-state index is -0.497. The molecule has 0 unspecified atom stereocenters. The van der Waals surface area contributed by atoms with E-state index in [4.69, 9.17) is 4.74 Å². The Hall–Kier alpha value is -3.27. The van der Waals surface area contributed by atoms with Crippen molar-refractivity contribution in [3.8, 4) is 11.5 Å². The monoisotopic (exact) mass is 538 g/mol. The summed E-state index contributed by atoms with van der Waals surface area (Å²) in [6, 6.07) is 3.91. The Bertz CT molecular complexity index is 1210. The Morgan fingerprint density at radius 2 is 1.97 bits per heavy atom. The fourth-order valence-corrected chi connectivity index (χ4v) is 6.19. The van der Waals surface area contributed by atoms with Crippen molar-refractivity contribution in [3.05, 3.63) is 42.1 Å². The molecular weight excluding hydrogens is 499 g/mol. The van der Waals surface area contributed by atoms with E-state index in [2.05, 4.69) is 27.1 Å². The number of carbonyl (C=O) groups excluding carboxylic acids is 2. The Morgan fingerprint density at radius 1 is 1.23 bits per heavy atom. The highest BCUT2D eigenvalue weighted by atomic mass is 19.1. The number of aromatic nitrogens is 2. The largest absolute Gasteiger partial charge is 0.451 e. The number of likely N-dealkylation sites (tertiary alicyclic amines) is 1. The van der Waals surface area contributed by atoms with Crippen LogP contribution in [0.15, 0.2) is 30.7 Å². The van der Waals surface area contributed by atoms with Crippen LogP contribution in [0.3, 0.4) is 0 Å². The lowest BCUT2D eigenvalue weighted by molar-refractivity contribution is -0.136. The van der Waals surface area contributed by atoms with Crippen molar-refractivity contribution in [1.29, 1.82) is 0 Å². The third-order valence-corrected chi connectivity index (χ3v) is 8.56. The number of benzene rings is 1. The number of amides is 2. The summed E-state index contributed by atoms with van der Waals surface area (Å²) in [5, 5.41) is 3.36. The SMILES string of the molecule is CCN(C(=O)c1cc(F)ccc1Oc1cncnc1N1CC2(CCN(C(=O)[C@H]3NCC[C@H]3C)CC2)C1)C(C)C. The van der Waals surface area contributed by atoms with Crippen LogP contribution in [0.5, 0.6) is 11.5 Å². The highest BCUT2D eigenvalue weighted by Crippen LogP contribution is 2.45. The lowest BCUT2D eigenvalue weighted by Gasteiger charge is -2.54. The highest BCUT2D eigenvalue weighted by Gasteiger charge is 2.47. The number of hydrogen-bond donors (Lipinski definition) is 1. The summed E-state index contributed by atoms with van der Waals surface area (Å²) in [4.78, 5) is 40.7. The van der Waals surface area contributed by atoms with Crippen LogP contribution < -0.4 is 15.0 Å². The van der Waals surface area contributed by atoms with Crippen molar-refractivity contribution in [2.45, 2.75) is 59.0 Å². The van der Waals surface area contributed by atoms with Gasteiger partial charge in [0.1, 0.15) is 17.9 Å². The minimum absolute atomic E-state index is 0.0361. The first-order valence-corrected chi connectivity index (χ1v) is 14.1. The number of anilines is 1. The lowest BCUT2D eigenvalue weighted by atomic mass is 9.72. The summed E-state index contributed by atoms with van der Waals surface area (Å²) in [6.45, 7) is 12.5. The number of carbonyl (C=O) groups is 2. The molecule has 1 aromatic heterocycles. The van der Waals surface area contributed by atoms with E-state index >= 15 is 0 Å². The second-order valence-corrected chi connectivity index (χ2v) is 11.5. The number of hydrogen-bond acceptors (Lipinski definition) is 7. The Kier molecular flexibility index (Phi) is 7.75. The van der Waals surface area contributed by atoms with Gasteiger partial charge in [-0.3, -0.25) is 9.59 Å². The van der Waals surface area contributed by atoms with Crippen molar-refractivity contribution >= 4 is 17.6 Å². The van der Waals surface area contributed by atoms with Gasteiger partial charge in [-0.2, -0.15) is 0 Å². The summed E-state index contributed by atoms with van der Waals surface area (Å²) < 4.78 is 20.4. The molecule has 10 heteroatoms. The van der Waals surface area contributed by atoms with Crippen molar-refractivity contribution < 1.29 is 18.7 Å². The molecule has 0 saturated carbocycles. The molecule has 0 radical (unpaired) electrons. The molecule has 1 spiro atoms. The first-order chi connectivity index (χ1) is 18.7. The average molecular weight is 539 g/mol. The molecule has 9 nitrogen and oxygen atoms in total. The summed E-state index contributed by atoms with van der Waals surface area (Å²) in [6.07, 6.45) is 6.03. The molecular formula is C29H39FN6O3. The topological polar surface area (TPSA) is 90.9 Å². The number of nitrogens with one attached hydrogen (secondary N) is 1. The predicted octanol–water partition coefficient (Wildman–Crippen LogP) is 3.71. The van der Waals surface area contributed by atoms with Crippen LogP contribution >= 0.6 is 0 Å². The van der Waals surface area contributed by atoms with Gasteiger partial charge in [0.15, 0.2) is 11.6 Å². The predicted molar refractivity (Wildman–Crippen MR) is 146 cm³/mol. The van der Waals surface area contributed by atoms with Crippen molar-refractivity contribution in [1.82, 2.24) is 25.1 Å². The van der Waals surface area contributed by atoms with Gasteiger partial charge in [0.05, 0.1) is 17.8 Å². The average Bonchev–Trinajstić information content (AvgIpc) is 3.34. The van der Waals surface area contributed by atoms with E-state index in [1.54, 1.807) is 11.1 Å². The summed E-state index contributed by atoms with van der Waals surface area (Å²) in [5.41, 5.74) is 0.312. The van der Waals surface area contributed by atoms with Gasteiger partial charge in [0.2, 0.25) is 5.91 Å². The standard InChI is InChI=1S/C29H39FN6O3/c1-5-36(19(2)3)27(37)22-14-21(30)6-7-23(22)39-24-15-31-18-33-26(24)35-16-29(17-35)9-12-34(13-10-29)28(38)25-20(4)8-11-32-25/h6-7,14-15,18-20,25,32H,5,8-13,16-17H2,1-4H3/t20-,25+/m1/s1. The maximum atomic E-state index is 14.2. The molecule has 2 amide bonds. The van der Waals surface area contributed by atoms with Crippen LogP contribution in [-0.2, 0) is 4.79 Å². The van der Waals surface area contributed by atoms with Crippen molar-refractivity contribution in [3.63, 3.8) is 0 Å². The van der Waals surface area contributed by atoms with E-state index in [0.29, 0.717) is 24.0 Å². The van der Waals surface area contributed by atoms with E-state index < -0.39 is 5.82 Å². The molecule has 3 aliphatic rings. The van der Waals surface area contributed by atoms with E-state index in [9.17, 15) is 14.0 Å². The number of piperidine rings is 1. The van der Waals surface area contributed by atoms with Gasteiger partial charge in [0, 0.05) is 44.2 Å². The van der Waals surface area contributed by atoms with Gasteiger partial charge in [-0.25, -0.2) is 14.4 Å². The van der Waals surface area contributed by atoms with Gasteiger partial charge in [0.25, 0.3) is 5.91 Å². The fraction of sp³-hybridized carbons (Fsp3) is 0.586. The van der Waals surface area contributed by atoms with Crippen molar-refractivity contribution in [2.75, 3.05) is 44.2 Å². The van der Waals surface area contributed by atoms with E-state index in [-0.39, 0.29) is 40.6 Å². The minimum Gasteiger partial charge on any atom is -0.451 e. The molecule has 210 valence electrons. The molecule has 0 aliphatic carbocycles. The first-order valence-electron chi connectivity index (χ1n) is 14.1. The lowest BCUT2D eigenvalue weighted by Crippen LogP contribution is -2.62. The molecule has 5 rings (SSSR count). The maximum Gasteiger partial charge on any atom is 0.257 e. The summed E-state index contributed by atoms with van der Waals surface area (Å²) in [7, 11) is 0. The van der Waals surface area contributed by atoms with E-state index in [1.165, 1.54) is 24.5 Å². The normalized spacial score (nSPS) is 22.2. The Morgan fingerprint density at radius 3 is 2.62 bits per heavy atom. The van der Waals surface area contributed by atoms with E-state index in [1.807, 2.05) is 25.7 Å². The molecule has 4 heterocycles. The van der Waals surface area contributed by atoms with Crippen LogP contribution in [0, 0.1) is 17.2 Å². The van der Waals surface area contributed by atoms with E-state index in [0.717, 1.165) is 52.0 Å². The van der Waals surface area contributed by atoms with Crippen LogP contribution in [0.2, 0.25) is 0 Å². The zero-order valence-corrected chi connectivity index (χ0v) is 23.3. The second-order valence-electron chi connectivity index (χ2n) is 11.5. The maximum absolute atomic E-state index is 14.2. The van der Waals surface area contributed by atoms with Gasteiger partial charge in [-0.05, 0) is 70.7 Å². The number of ether oxygens (including phenoxy) is 1. The first kappa shape index (κ1) is 27.3. The van der Waals surface area contributed by atoms with Gasteiger partial charge < -0.3 is 24.8 Å². The number of nitrogens with zero attached hydrogens (tertiary/aromatic N) is 5. The number of rotatable bonds is 7. The molecule has 2 atom stereocenters. The van der Waals surface area contributed by atoms with Gasteiger partial charge >= 0.3 is 0 Å². The molecule has 3 aliphatic heterocycles. The molecule has 2 aromatic rings. The summed E-state index contributed by atoms with van der Waals surface area (Å²) >= 11 is 0. The van der Waals surface area contributed by atoms with Crippen LogP contribution in [0.1, 0.15) is 57.3 Å². The number of halogens is 1. The molecule has 0 bridgehead atoms. The smallest absolute Gasteiger partial charge is 0.257 e. The molecule has 39 heavy (non-hydrogen) atoms. The third-order valence-electron chi connectivity index (χ3n) is 8.56. The van der Waals surface area contributed by atoms with Gasteiger partial charge in [-0.15, -0.1) is 0 Å². The second kappa shape index (κ2) is 11.1. The molecule has 3 fully saturated rings. The fourth-order valence-electron chi connectivity index (χ4n) is 6.19. The zero-order valence-electron chi connectivity index (χ0n) is 23.3. The Balaban J connectivity index is 1.27. The Labute approximate surface area is 229 Å². The quantitative estimate of drug-likeness (QED) is 0.575. The zero-order chi connectivity index (χ0) is 27.7.